The van der Waals surface area contributed by atoms with E-state index < -0.39 is 18.4 Å². The van der Waals surface area contributed by atoms with Crippen LogP contribution in [0.1, 0.15) is 13.3 Å². The molecule has 0 radical (unpaired) electrons. The zero-order valence-corrected chi connectivity index (χ0v) is 6.49. The van der Waals surface area contributed by atoms with Gasteiger partial charge in [0.05, 0.1) is 6.07 Å². The fourth-order valence-corrected chi connectivity index (χ4v) is 0.249. The van der Waals surface area contributed by atoms with Crippen molar-refractivity contribution < 1.29 is 19.4 Å². The molecule has 0 amide bonds. The van der Waals surface area contributed by atoms with Crippen LogP contribution in [0.4, 0.5) is 0 Å². The number of carbonyl (C=O) groups excluding carboxylic acids is 2. The fraction of sp³-hybridized carbons (Fsp3) is 0.286. The van der Waals surface area contributed by atoms with E-state index in [1.807, 2.05) is 0 Å². The largest absolute Gasteiger partial charge is 0.381 e. The smallest absolute Gasteiger partial charge is 0.246 e. The van der Waals surface area contributed by atoms with Gasteiger partial charge in [0.1, 0.15) is 6.42 Å². The molecule has 0 aliphatic rings. The van der Waals surface area contributed by atoms with Crippen molar-refractivity contribution in [3.63, 3.8) is 0 Å². The summed E-state index contributed by atoms with van der Waals surface area (Å²) in [5.74, 6) is -1.74. The van der Waals surface area contributed by atoms with Gasteiger partial charge in [0.25, 0.3) is 0 Å². The van der Waals surface area contributed by atoms with Crippen LogP contribution < -0.4 is 0 Å². The highest BCUT2D eigenvalue weighted by atomic mass is 17.2. The Balaban J connectivity index is 3.71. The van der Waals surface area contributed by atoms with Crippen LogP contribution in [0.15, 0.2) is 12.2 Å². The van der Waals surface area contributed by atoms with Crippen LogP contribution >= 0.6 is 0 Å². The molecule has 0 rings (SSSR count). The normalized spacial score (nSPS) is 8.00. The standard InChI is InChI=1S/C7H7NO4/c1-5(2)7(10)12-11-6(9)3-4-8/h1,3H2,2H3. The van der Waals surface area contributed by atoms with Crippen LogP contribution in [0.25, 0.3) is 0 Å². The Hall–Kier alpha value is -1.83. The zero-order chi connectivity index (χ0) is 9.56. The lowest BCUT2D eigenvalue weighted by Gasteiger charge is -1.98. The monoisotopic (exact) mass is 169 g/mol. The number of hydrogen-bond acceptors (Lipinski definition) is 5. The Morgan fingerprint density at radius 3 is 2.50 bits per heavy atom. The van der Waals surface area contributed by atoms with Gasteiger partial charge in [-0.2, -0.15) is 5.26 Å². The first-order chi connectivity index (χ1) is 5.57. The van der Waals surface area contributed by atoms with E-state index in [1.165, 1.54) is 13.0 Å². The summed E-state index contributed by atoms with van der Waals surface area (Å²) in [6.07, 6.45) is -0.455. The molecule has 0 heterocycles. The van der Waals surface area contributed by atoms with E-state index in [2.05, 4.69) is 16.4 Å². The lowest BCUT2D eigenvalue weighted by molar-refractivity contribution is -0.254. The van der Waals surface area contributed by atoms with E-state index in [-0.39, 0.29) is 5.57 Å². The first kappa shape index (κ1) is 10.2. The predicted molar refractivity (Wildman–Crippen MR) is 37.2 cm³/mol. The minimum atomic E-state index is -0.910. The summed E-state index contributed by atoms with van der Waals surface area (Å²) in [6, 6.07) is 1.53. The minimum absolute atomic E-state index is 0.111. The van der Waals surface area contributed by atoms with Crippen molar-refractivity contribution >= 4 is 11.9 Å². The summed E-state index contributed by atoms with van der Waals surface area (Å²) in [5, 5.41) is 8.00. The average molecular weight is 169 g/mol. The highest BCUT2D eigenvalue weighted by Gasteiger charge is 2.08. The highest BCUT2D eigenvalue weighted by molar-refractivity contribution is 5.87. The van der Waals surface area contributed by atoms with Crippen LogP contribution in [0.5, 0.6) is 0 Å². The molecule has 12 heavy (non-hydrogen) atoms. The summed E-state index contributed by atoms with van der Waals surface area (Å²) in [4.78, 5) is 28.9. The minimum Gasteiger partial charge on any atom is -0.246 e. The Morgan fingerprint density at radius 1 is 1.50 bits per heavy atom. The second-order valence-corrected chi connectivity index (χ2v) is 1.94. The summed E-state index contributed by atoms with van der Waals surface area (Å²) in [6.45, 7) is 4.65. The van der Waals surface area contributed by atoms with Crippen molar-refractivity contribution in [2.24, 2.45) is 0 Å². The van der Waals surface area contributed by atoms with E-state index in [0.29, 0.717) is 0 Å². The maximum absolute atomic E-state index is 10.6. The Bertz CT molecular complexity index is 251. The maximum atomic E-state index is 10.6. The fourth-order valence-electron chi connectivity index (χ4n) is 0.249. The first-order valence-electron chi connectivity index (χ1n) is 3.02. The third-order valence-electron chi connectivity index (χ3n) is 0.782. The SMILES string of the molecule is C=C(C)C(=O)OOC(=O)CC#N. The molecule has 0 fully saturated rings. The van der Waals surface area contributed by atoms with E-state index in [9.17, 15) is 9.59 Å². The van der Waals surface area contributed by atoms with Gasteiger partial charge in [-0.1, -0.05) is 6.58 Å². The molecular formula is C7H7NO4. The van der Waals surface area contributed by atoms with Gasteiger partial charge in [-0.25, -0.2) is 19.4 Å². The zero-order valence-electron chi connectivity index (χ0n) is 6.49. The number of nitrogens with zero attached hydrogens (tertiary/aromatic N) is 1. The van der Waals surface area contributed by atoms with Crippen molar-refractivity contribution in [1.29, 1.82) is 5.26 Å². The molecule has 5 nitrogen and oxygen atoms in total. The molecule has 0 aromatic carbocycles. The molecule has 0 saturated heterocycles. The molecule has 5 heteroatoms. The number of nitriles is 1. The molecule has 0 aromatic rings. The van der Waals surface area contributed by atoms with Crippen molar-refractivity contribution in [2.75, 3.05) is 0 Å². The molecule has 0 N–H and O–H groups in total. The molecule has 0 unspecified atom stereocenters. The number of hydrogen-bond donors (Lipinski definition) is 0. The summed E-state index contributed by atoms with van der Waals surface area (Å²) >= 11 is 0. The lowest BCUT2D eigenvalue weighted by Crippen LogP contribution is -2.10. The van der Waals surface area contributed by atoms with Crippen molar-refractivity contribution in [2.45, 2.75) is 13.3 Å². The molecule has 0 atom stereocenters. The van der Waals surface area contributed by atoms with Gasteiger partial charge < -0.3 is 0 Å². The van der Waals surface area contributed by atoms with Crippen molar-refractivity contribution in [3.8, 4) is 6.07 Å². The van der Waals surface area contributed by atoms with E-state index in [1.54, 1.807) is 0 Å². The second kappa shape index (κ2) is 4.91. The first-order valence-corrected chi connectivity index (χ1v) is 3.02. The maximum Gasteiger partial charge on any atom is 0.381 e. The van der Waals surface area contributed by atoms with Crippen LogP contribution in [0, 0.1) is 11.3 Å². The molecule has 0 aromatic heterocycles. The second-order valence-electron chi connectivity index (χ2n) is 1.94. The Morgan fingerprint density at radius 2 is 2.08 bits per heavy atom. The van der Waals surface area contributed by atoms with Gasteiger partial charge in [0.2, 0.25) is 0 Å². The van der Waals surface area contributed by atoms with Crippen molar-refractivity contribution in [1.82, 2.24) is 0 Å². The van der Waals surface area contributed by atoms with Gasteiger partial charge in [-0.15, -0.1) is 0 Å². The molecule has 0 spiro atoms. The van der Waals surface area contributed by atoms with Crippen LogP contribution in [0.2, 0.25) is 0 Å². The predicted octanol–water partition coefficient (Wildman–Crippen LogP) is 0.478. The van der Waals surface area contributed by atoms with Gasteiger partial charge in [-0.3, -0.25) is 0 Å². The van der Waals surface area contributed by atoms with Crippen molar-refractivity contribution in [3.05, 3.63) is 12.2 Å². The van der Waals surface area contributed by atoms with Gasteiger partial charge >= 0.3 is 11.9 Å². The van der Waals surface area contributed by atoms with Gasteiger partial charge in [0, 0.05) is 5.57 Å². The molecule has 0 bridgehead atoms. The van der Waals surface area contributed by atoms with Gasteiger partial charge in [0.15, 0.2) is 0 Å². The van der Waals surface area contributed by atoms with E-state index in [4.69, 9.17) is 5.26 Å². The molecular weight excluding hydrogens is 162 g/mol. The number of rotatable bonds is 2. The van der Waals surface area contributed by atoms with Gasteiger partial charge in [-0.05, 0) is 6.92 Å². The third kappa shape index (κ3) is 4.06. The molecule has 0 saturated carbocycles. The van der Waals surface area contributed by atoms with Crippen LogP contribution in [0.3, 0.4) is 0 Å². The Kier molecular flexibility index (Phi) is 4.16. The lowest BCUT2D eigenvalue weighted by atomic mass is 10.4. The van der Waals surface area contributed by atoms with Crippen LogP contribution in [-0.2, 0) is 19.4 Å². The molecule has 0 aliphatic carbocycles. The quantitative estimate of drug-likeness (QED) is 0.341. The highest BCUT2D eigenvalue weighted by Crippen LogP contribution is 1.94. The summed E-state index contributed by atoms with van der Waals surface area (Å²) in [5.41, 5.74) is 0.111. The molecule has 0 aliphatic heterocycles. The van der Waals surface area contributed by atoms with E-state index in [0.717, 1.165) is 0 Å². The summed E-state index contributed by atoms with van der Waals surface area (Å²) in [7, 11) is 0. The number of carbonyl (C=O) groups is 2. The molecule has 64 valence electrons. The van der Waals surface area contributed by atoms with Crippen LogP contribution in [-0.4, -0.2) is 11.9 Å². The Labute approximate surface area is 69.1 Å². The summed E-state index contributed by atoms with van der Waals surface area (Å²) < 4.78 is 0. The third-order valence-corrected chi connectivity index (χ3v) is 0.782. The topological polar surface area (TPSA) is 76.4 Å². The average Bonchev–Trinajstić information content (AvgIpc) is 2.00. The van der Waals surface area contributed by atoms with E-state index >= 15 is 0 Å².